The number of aromatic hydroxyl groups is 1. The van der Waals surface area contributed by atoms with Gasteiger partial charge in [-0.2, -0.15) is 0 Å². The number of amides is 2. The Kier molecular flexibility index (Phi) is 6.81. The van der Waals surface area contributed by atoms with Crippen LogP contribution in [0.3, 0.4) is 0 Å². The Morgan fingerprint density at radius 2 is 1.83 bits per heavy atom. The van der Waals surface area contributed by atoms with Crippen LogP contribution in [-0.4, -0.2) is 35.2 Å². The standard InChI is InChI=1S/C27H30N4O4/c32-22-6-1-3-17(13-22)16-29-26(33)21-5-2-4-20(14-21)25(19-9-11-28-12-10-19)30-27(34)23-15-24(35-31-23)18-7-8-18/h1-6,13-15,18-19,25,28,32H,7-12,16H2,(H,29,33)(H,30,34). The molecular formula is C27H30N4O4. The van der Waals surface area contributed by atoms with E-state index in [1.807, 2.05) is 24.3 Å². The lowest BCUT2D eigenvalue weighted by Gasteiger charge is -2.31. The van der Waals surface area contributed by atoms with Crippen molar-refractivity contribution in [2.45, 2.75) is 44.2 Å². The third-order valence-corrected chi connectivity index (χ3v) is 6.75. The number of phenols is 1. The summed E-state index contributed by atoms with van der Waals surface area (Å²) in [6.07, 6.45) is 4.00. The molecule has 2 aliphatic rings. The summed E-state index contributed by atoms with van der Waals surface area (Å²) in [4.78, 5) is 26.0. The van der Waals surface area contributed by atoms with Gasteiger partial charge in [0, 0.05) is 24.1 Å². The van der Waals surface area contributed by atoms with Crippen molar-refractivity contribution in [2.24, 2.45) is 5.92 Å². The van der Waals surface area contributed by atoms with Crippen LogP contribution in [0.25, 0.3) is 0 Å². The van der Waals surface area contributed by atoms with Gasteiger partial charge in [-0.15, -0.1) is 0 Å². The molecule has 3 aromatic rings. The van der Waals surface area contributed by atoms with E-state index in [0.29, 0.717) is 23.7 Å². The Balaban J connectivity index is 1.32. The van der Waals surface area contributed by atoms with Gasteiger partial charge < -0.3 is 25.6 Å². The van der Waals surface area contributed by atoms with Crippen LogP contribution in [0.1, 0.15) is 75.4 Å². The summed E-state index contributed by atoms with van der Waals surface area (Å²) in [6, 6.07) is 15.7. The van der Waals surface area contributed by atoms with Gasteiger partial charge in [-0.1, -0.05) is 29.4 Å². The maximum Gasteiger partial charge on any atom is 0.273 e. The molecule has 5 rings (SSSR count). The summed E-state index contributed by atoms with van der Waals surface area (Å²) >= 11 is 0. The highest BCUT2D eigenvalue weighted by Crippen LogP contribution is 2.40. The molecule has 35 heavy (non-hydrogen) atoms. The first kappa shape index (κ1) is 23.1. The molecule has 1 aliphatic heterocycles. The van der Waals surface area contributed by atoms with Crippen LogP contribution in [0.5, 0.6) is 5.75 Å². The van der Waals surface area contributed by atoms with E-state index in [2.05, 4.69) is 21.1 Å². The minimum Gasteiger partial charge on any atom is -0.508 e. The van der Waals surface area contributed by atoms with E-state index in [0.717, 1.165) is 55.7 Å². The van der Waals surface area contributed by atoms with Crippen LogP contribution in [-0.2, 0) is 6.54 Å². The van der Waals surface area contributed by atoms with Crippen molar-refractivity contribution in [1.82, 2.24) is 21.1 Å². The molecule has 2 amide bonds. The number of benzene rings is 2. The molecule has 1 saturated heterocycles. The van der Waals surface area contributed by atoms with E-state index in [9.17, 15) is 14.7 Å². The highest BCUT2D eigenvalue weighted by molar-refractivity contribution is 5.94. The predicted molar refractivity (Wildman–Crippen MR) is 130 cm³/mol. The first-order valence-corrected chi connectivity index (χ1v) is 12.2. The number of carbonyl (C=O) groups is 2. The number of piperidine rings is 1. The second kappa shape index (κ2) is 10.3. The lowest BCUT2D eigenvalue weighted by molar-refractivity contribution is 0.0904. The zero-order valence-electron chi connectivity index (χ0n) is 19.5. The molecule has 182 valence electrons. The molecule has 2 fully saturated rings. The fourth-order valence-electron chi connectivity index (χ4n) is 4.65. The van der Waals surface area contributed by atoms with Gasteiger partial charge in [0.05, 0.1) is 6.04 Å². The number of phenolic OH excluding ortho intramolecular Hbond substituents is 1. The van der Waals surface area contributed by atoms with Crippen molar-refractivity contribution in [3.8, 4) is 5.75 Å². The van der Waals surface area contributed by atoms with E-state index in [1.165, 1.54) is 0 Å². The molecule has 1 aliphatic carbocycles. The Hall–Kier alpha value is -3.65. The summed E-state index contributed by atoms with van der Waals surface area (Å²) in [6.45, 7) is 2.08. The van der Waals surface area contributed by atoms with E-state index >= 15 is 0 Å². The van der Waals surface area contributed by atoms with Gasteiger partial charge >= 0.3 is 0 Å². The monoisotopic (exact) mass is 474 g/mol. The van der Waals surface area contributed by atoms with Gasteiger partial charge in [0.25, 0.3) is 11.8 Å². The van der Waals surface area contributed by atoms with Gasteiger partial charge in [-0.3, -0.25) is 9.59 Å². The van der Waals surface area contributed by atoms with Gasteiger partial charge in [0.2, 0.25) is 0 Å². The number of hydrogen-bond acceptors (Lipinski definition) is 6. The van der Waals surface area contributed by atoms with Crippen LogP contribution in [0.15, 0.2) is 59.1 Å². The van der Waals surface area contributed by atoms with E-state index in [4.69, 9.17) is 4.52 Å². The Morgan fingerprint density at radius 3 is 2.60 bits per heavy atom. The predicted octanol–water partition coefficient (Wildman–Crippen LogP) is 3.66. The quantitative estimate of drug-likeness (QED) is 0.396. The molecule has 8 nitrogen and oxygen atoms in total. The van der Waals surface area contributed by atoms with Crippen LogP contribution in [0, 0.1) is 5.92 Å². The fourth-order valence-corrected chi connectivity index (χ4v) is 4.65. The van der Waals surface area contributed by atoms with Gasteiger partial charge in [0.15, 0.2) is 5.69 Å². The number of hydrogen-bond donors (Lipinski definition) is 4. The second-order valence-corrected chi connectivity index (χ2v) is 9.41. The van der Waals surface area contributed by atoms with E-state index < -0.39 is 0 Å². The lowest BCUT2D eigenvalue weighted by atomic mass is 9.85. The number of nitrogens with zero attached hydrogens (tertiary/aromatic N) is 1. The van der Waals surface area contributed by atoms with Gasteiger partial charge in [-0.25, -0.2) is 0 Å². The molecule has 1 aromatic heterocycles. The van der Waals surface area contributed by atoms with E-state index in [-0.39, 0.29) is 29.5 Å². The molecule has 2 aromatic carbocycles. The zero-order valence-corrected chi connectivity index (χ0v) is 19.5. The van der Waals surface area contributed by atoms with Crippen molar-refractivity contribution in [3.63, 3.8) is 0 Å². The number of aromatic nitrogens is 1. The Morgan fingerprint density at radius 1 is 1.03 bits per heavy atom. The Labute approximate surface area is 204 Å². The normalized spacial score (nSPS) is 17.0. The van der Waals surface area contributed by atoms with Crippen molar-refractivity contribution in [3.05, 3.63) is 82.7 Å². The zero-order chi connectivity index (χ0) is 24.2. The van der Waals surface area contributed by atoms with Crippen LogP contribution >= 0.6 is 0 Å². The van der Waals surface area contributed by atoms with Crippen LogP contribution in [0.4, 0.5) is 0 Å². The Bertz CT molecular complexity index is 1200. The topological polar surface area (TPSA) is 116 Å². The average molecular weight is 475 g/mol. The molecule has 8 heteroatoms. The third kappa shape index (κ3) is 5.71. The SMILES string of the molecule is O=C(NCc1cccc(O)c1)c1cccc(C(NC(=O)c2cc(C3CC3)on2)C2CCNCC2)c1. The van der Waals surface area contributed by atoms with Gasteiger partial charge in [-0.05, 0) is 80.1 Å². The molecule has 1 atom stereocenters. The highest BCUT2D eigenvalue weighted by Gasteiger charge is 2.31. The fraction of sp³-hybridized carbons (Fsp3) is 0.370. The number of carbonyl (C=O) groups excluding carboxylic acids is 2. The molecule has 4 N–H and O–H groups in total. The minimum absolute atomic E-state index is 0.163. The summed E-state index contributed by atoms with van der Waals surface area (Å²) in [5, 5.41) is 23.1. The molecular weight excluding hydrogens is 444 g/mol. The summed E-state index contributed by atoms with van der Waals surface area (Å²) in [7, 11) is 0. The third-order valence-electron chi connectivity index (χ3n) is 6.75. The van der Waals surface area contributed by atoms with Crippen molar-refractivity contribution < 1.29 is 19.2 Å². The number of rotatable bonds is 8. The van der Waals surface area contributed by atoms with Crippen molar-refractivity contribution >= 4 is 11.8 Å². The molecule has 0 radical (unpaired) electrons. The first-order valence-electron chi connectivity index (χ1n) is 12.2. The minimum atomic E-state index is -0.261. The van der Waals surface area contributed by atoms with Gasteiger partial charge in [0.1, 0.15) is 11.5 Å². The first-order chi connectivity index (χ1) is 17.1. The number of nitrogens with one attached hydrogen (secondary N) is 3. The highest BCUT2D eigenvalue weighted by atomic mass is 16.5. The summed E-state index contributed by atoms with van der Waals surface area (Å²) in [5.74, 6) is 1.09. The van der Waals surface area contributed by atoms with Crippen molar-refractivity contribution in [2.75, 3.05) is 13.1 Å². The van der Waals surface area contributed by atoms with Crippen LogP contribution in [0.2, 0.25) is 0 Å². The molecule has 1 saturated carbocycles. The van der Waals surface area contributed by atoms with Crippen molar-refractivity contribution in [1.29, 1.82) is 0 Å². The molecule has 0 bridgehead atoms. The average Bonchev–Trinajstić information content (AvgIpc) is 3.62. The smallest absolute Gasteiger partial charge is 0.273 e. The maximum absolute atomic E-state index is 13.1. The second-order valence-electron chi connectivity index (χ2n) is 9.41. The maximum atomic E-state index is 13.1. The molecule has 1 unspecified atom stereocenters. The molecule has 2 heterocycles. The largest absolute Gasteiger partial charge is 0.508 e. The summed E-state index contributed by atoms with van der Waals surface area (Å²) in [5.41, 5.74) is 2.52. The summed E-state index contributed by atoms with van der Waals surface area (Å²) < 4.78 is 5.37. The molecule has 0 spiro atoms. The van der Waals surface area contributed by atoms with Crippen LogP contribution < -0.4 is 16.0 Å². The lowest BCUT2D eigenvalue weighted by Crippen LogP contribution is -2.39. The van der Waals surface area contributed by atoms with E-state index in [1.54, 1.807) is 30.3 Å².